The average Bonchev–Trinajstić information content (AvgIpc) is 2.67. The number of hydrogen-bond donors (Lipinski definition) is 0. The highest BCUT2D eigenvalue weighted by molar-refractivity contribution is 7.92. The maximum absolute atomic E-state index is 12.2. The number of nitrogens with zero attached hydrogens (tertiary/aromatic N) is 1. The number of ether oxygens (including phenoxy) is 1. The van der Waals surface area contributed by atoms with Gasteiger partial charge in [-0.2, -0.15) is 0 Å². The average molecular weight is 388 g/mol. The van der Waals surface area contributed by atoms with Gasteiger partial charge in [0.15, 0.2) is 15.1 Å². The third-order valence-corrected chi connectivity index (χ3v) is 6.87. The van der Waals surface area contributed by atoms with Crippen LogP contribution in [0.5, 0.6) is 0 Å². The van der Waals surface area contributed by atoms with Gasteiger partial charge < -0.3 is 4.74 Å². The van der Waals surface area contributed by atoms with E-state index in [-0.39, 0.29) is 18.0 Å². The molecule has 0 aliphatic carbocycles. The zero-order chi connectivity index (χ0) is 19.6. The fraction of sp³-hybridized carbons (Fsp3) is 0.381. The van der Waals surface area contributed by atoms with Crippen molar-refractivity contribution in [1.82, 2.24) is 4.90 Å². The van der Waals surface area contributed by atoms with Crippen LogP contribution in [0.25, 0.3) is 0 Å². The van der Waals surface area contributed by atoms with Crippen LogP contribution >= 0.6 is 0 Å². The Balaban J connectivity index is 1.92. The molecule has 0 amide bonds. The summed E-state index contributed by atoms with van der Waals surface area (Å²) in [5.74, 6) is -0.965. The largest absolute Gasteiger partial charge is 0.468 e. The first-order valence-electron chi connectivity index (χ1n) is 8.97. The molecule has 144 valence electrons. The SMILES string of the molecule is COC(=O)[C@H]([C@H]1CN(C(c2ccccc2)c2ccccc2)[C@@H]1C)S(C)(=O)=O. The fourth-order valence-electron chi connectivity index (χ4n) is 3.99. The number of likely N-dealkylation sites (tertiary alicyclic amines) is 1. The summed E-state index contributed by atoms with van der Waals surface area (Å²) in [5, 5.41) is -1.12. The molecule has 3 atom stereocenters. The highest BCUT2D eigenvalue weighted by Gasteiger charge is 2.50. The van der Waals surface area contributed by atoms with Crippen LogP contribution in [-0.2, 0) is 19.4 Å². The van der Waals surface area contributed by atoms with Crippen LogP contribution in [0.15, 0.2) is 60.7 Å². The van der Waals surface area contributed by atoms with Crippen molar-refractivity contribution in [2.75, 3.05) is 19.9 Å². The van der Waals surface area contributed by atoms with Crippen molar-refractivity contribution in [3.05, 3.63) is 71.8 Å². The van der Waals surface area contributed by atoms with E-state index in [1.54, 1.807) is 0 Å². The van der Waals surface area contributed by atoms with Crippen LogP contribution in [0.2, 0.25) is 0 Å². The highest BCUT2D eigenvalue weighted by atomic mass is 32.2. The molecule has 0 N–H and O–H groups in total. The number of rotatable bonds is 6. The normalized spacial score (nSPS) is 21.5. The molecule has 5 nitrogen and oxygen atoms in total. The fourth-order valence-corrected chi connectivity index (χ4v) is 5.38. The summed E-state index contributed by atoms with van der Waals surface area (Å²) in [4.78, 5) is 14.4. The molecular formula is C21H25NO4S. The van der Waals surface area contributed by atoms with E-state index >= 15 is 0 Å². The van der Waals surface area contributed by atoms with Crippen LogP contribution < -0.4 is 0 Å². The van der Waals surface area contributed by atoms with E-state index in [4.69, 9.17) is 4.74 Å². The monoisotopic (exact) mass is 387 g/mol. The van der Waals surface area contributed by atoms with Gasteiger partial charge in [0.1, 0.15) is 0 Å². The Kier molecular flexibility index (Phi) is 5.67. The molecule has 1 fully saturated rings. The maximum Gasteiger partial charge on any atom is 0.324 e. The Labute approximate surface area is 160 Å². The predicted molar refractivity (Wildman–Crippen MR) is 105 cm³/mol. The molecule has 2 aromatic carbocycles. The molecule has 0 spiro atoms. The Bertz CT molecular complexity index is 843. The molecule has 0 saturated carbocycles. The maximum atomic E-state index is 12.2. The number of methoxy groups -OCH3 is 1. The van der Waals surface area contributed by atoms with E-state index in [9.17, 15) is 13.2 Å². The van der Waals surface area contributed by atoms with Gasteiger partial charge in [-0.25, -0.2) is 8.42 Å². The summed E-state index contributed by atoms with van der Waals surface area (Å²) in [5.41, 5.74) is 2.28. The summed E-state index contributed by atoms with van der Waals surface area (Å²) in [6.07, 6.45) is 1.11. The van der Waals surface area contributed by atoms with Crippen LogP contribution in [-0.4, -0.2) is 50.5 Å². The third kappa shape index (κ3) is 3.92. The van der Waals surface area contributed by atoms with Gasteiger partial charge in [0, 0.05) is 24.8 Å². The molecule has 6 heteroatoms. The van der Waals surface area contributed by atoms with Crippen molar-refractivity contribution < 1.29 is 17.9 Å². The van der Waals surface area contributed by atoms with E-state index in [1.807, 2.05) is 43.3 Å². The number of carbonyl (C=O) groups excluding carboxylic acids is 1. The summed E-state index contributed by atoms with van der Waals surface area (Å²) >= 11 is 0. The molecule has 0 unspecified atom stereocenters. The van der Waals surface area contributed by atoms with Crippen molar-refractivity contribution in [1.29, 1.82) is 0 Å². The van der Waals surface area contributed by atoms with Crippen molar-refractivity contribution in [3.8, 4) is 0 Å². The lowest BCUT2D eigenvalue weighted by molar-refractivity contribution is -0.144. The first-order chi connectivity index (χ1) is 12.8. The van der Waals surface area contributed by atoms with Gasteiger partial charge in [-0.05, 0) is 18.1 Å². The first kappa shape index (κ1) is 19.6. The van der Waals surface area contributed by atoms with Gasteiger partial charge in [-0.3, -0.25) is 9.69 Å². The van der Waals surface area contributed by atoms with Crippen LogP contribution in [0.3, 0.4) is 0 Å². The molecule has 1 aliphatic rings. The standard InChI is InChI=1S/C21H25NO4S/c1-15-18(20(21(23)26-2)27(3,24)25)14-22(15)19(16-10-6-4-7-11-16)17-12-8-5-9-13-17/h4-13,15,18-20H,14H2,1-3H3/t15-,18+,20+/m1/s1. The molecule has 3 rings (SSSR count). The second kappa shape index (κ2) is 7.82. The second-order valence-corrected chi connectivity index (χ2v) is 9.27. The van der Waals surface area contributed by atoms with E-state index in [0.717, 1.165) is 17.4 Å². The number of sulfone groups is 1. The number of hydrogen-bond acceptors (Lipinski definition) is 5. The van der Waals surface area contributed by atoms with Gasteiger partial charge in [0.25, 0.3) is 0 Å². The van der Waals surface area contributed by atoms with Crippen LogP contribution in [0.1, 0.15) is 24.1 Å². The Morgan fingerprint density at radius 1 is 1.04 bits per heavy atom. The Hall–Kier alpha value is -2.18. The Morgan fingerprint density at radius 2 is 1.52 bits per heavy atom. The van der Waals surface area contributed by atoms with Crippen LogP contribution in [0.4, 0.5) is 0 Å². The van der Waals surface area contributed by atoms with E-state index in [1.165, 1.54) is 7.11 Å². The minimum absolute atomic E-state index is 0.0107. The third-order valence-electron chi connectivity index (χ3n) is 5.41. The van der Waals surface area contributed by atoms with Crippen molar-refractivity contribution in [3.63, 3.8) is 0 Å². The summed E-state index contributed by atoms with van der Waals surface area (Å²) in [6.45, 7) is 2.50. The van der Waals surface area contributed by atoms with Crippen molar-refractivity contribution in [2.24, 2.45) is 5.92 Å². The van der Waals surface area contributed by atoms with Gasteiger partial charge >= 0.3 is 5.97 Å². The lowest BCUT2D eigenvalue weighted by Gasteiger charge is -2.52. The minimum Gasteiger partial charge on any atom is -0.468 e. The molecule has 0 bridgehead atoms. The number of benzene rings is 2. The zero-order valence-electron chi connectivity index (χ0n) is 15.8. The number of carbonyl (C=O) groups is 1. The minimum atomic E-state index is -3.55. The summed E-state index contributed by atoms with van der Waals surface area (Å²) in [7, 11) is -2.31. The molecule has 1 heterocycles. The van der Waals surface area contributed by atoms with E-state index in [0.29, 0.717) is 6.54 Å². The smallest absolute Gasteiger partial charge is 0.324 e. The number of esters is 1. The van der Waals surface area contributed by atoms with Gasteiger partial charge in [-0.1, -0.05) is 60.7 Å². The molecule has 0 aromatic heterocycles. The quantitative estimate of drug-likeness (QED) is 0.713. The Morgan fingerprint density at radius 3 is 1.89 bits per heavy atom. The second-order valence-electron chi connectivity index (χ2n) is 7.10. The van der Waals surface area contributed by atoms with E-state index in [2.05, 4.69) is 29.2 Å². The molecule has 2 aromatic rings. The lowest BCUT2D eigenvalue weighted by atomic mass is 9.82. The van der Waals surface area contributed by atoms with Crippen LogP contribution in [0, 0.1) is 5.92 Å². The lowest BCUT2D eigenvalue weighted by Crippen LogP contribution is -2.62. The summed E-state index contributed by atoms with van der Waals surface area (Å²) in [6, 6.07) is 20.2. The predicted octanol–water partition coefficient (Wildman–Crippen LogP) is 2.68. The highest BCUT2D eigenvalue weighted by Crippen LogP contribution is 2.41. The van der Waals surface area contributed by atoms with Gasteiger partial charge in [-0.15, -0.1) is 0 Å². The molecule has 0 radical (unpaired) electrons. The van der Waals surface area contributed by atoms with Gasteiger partial charge in [0.05, 0.1) is 13.2 Å². The molecule has 27 heavy (non-hydrogen) atoms. The topological polar surface area (TPSA) is 63.7 Å². The van der Waals surface area contributed by atoms with Crippen molar-refractivity contribution >= 4 is 15.8 Å². The van der Waals surface area contributed by atoms with E-state index < -0.39 is 21.1 Å². The van der Waals surface area contributed by atoms with Gasteiger partial charge in [0.2, 0.25) is 0 Å². The first-order valence-corrected chi connectivity index (χ1v) is 10.9. The zero-order valence-corrected chi connectivity index (χ0v) is 16.6. The summed E-state index contributed by atoms with van der Waals surface area (Å²) < 4.78 is 29.2. The molecule has 1 aliphatic heterocycles. The molecular weight excluding hydrogens is 362 g/mol. The van der Waals surface area contributed by atoms with Crippen molar-refractivity contribution in [2.45, 2.75) is 24.3 Å². The molecule has 1 saturated heterocycles.